The third kappa shape index (κ3) is 5.31. The van der Waals surface area contributed by atoms with E-state index in [4.69, 9.17) is 28.9 Å². The first-order valence-electron chi connectivity index (χ1n) is 8.45. The summed E-state index contributed by atoms with van der Waals surface area (Å²) in [6.45, 7) is 0. The molecule has 0 saturated heterocycles. The van der Waals surface area contributed by atoms with E-state index in [1.54, 1.807) is 42.5 Å². The number of rotatable bonds is 5. The predicted molar refractivity (Wildman–Crippen MR) is 119 cm³/mol. The van der Waals surface area contributed by atoms with Gasteiger partial charge >= 0.3 is 5.97 Å². The minimum atomic E-state index is -1.03. The Labute approximate surface area is 177 Å². The molecule has 0 aromatic heterocycles. The van der Waals surface area contributed by atoms with Crippen molar-refractivity contribution < 1.29 is 15.0 Å². The van der Waals surface area contributed by atoms with Gasteiger partial charge in [0.05, 0.1) is 11.8 Å². The highest BCUT2D eigenvalue weighted by atomic mass is 35.5. The van der Waals surface area contributed by atoms with Crippen molar-refractivity contribution in [1.29, 1.82) is 0 Å². The summed E-state index contributed by atoms with van der Waals surface area (Å²) < 4.78 is 0. The van der Waals surface area contributed by atoms with Gasteiger partial charge in [0.25, 0.3) is 0 Å². The van der Waals surface area contributed by atoms with E-state index < -0.39 is 5.97 Å². The van der Waals surface area contributed by atoms with Crippen LogP contribution in [0.25, 0.3) is 11.1 Å². The van der Waals surface area contributed by atoms with Crippen LogP contribution >= 0.6 is 23.8 Å². The number of carbonyl (C=O) groups is 1. The monoisotopic (exact) mass is 425 g/mol. The zero-order valence-electron chi connectivity index (χ0n) is 15.0. The first-order valence-corrected chi connectivity index (χ1v) is 9.24. The average molecular weight is 426 g/mol. The van der Waals surface area contributed by atoms with Crippen molar-refractivity contribution in [3.8, 4) is 16.9 Å². The molecule has 0 unspecified atom stereocenters. The second kappa shape index (κ2) is 9.18. The van der Waals surface area contributed by atoms with Crippen molar-refractivity contribution in [2.45, 2.75) is 0 Å². The Morgan fingerprint density at radius 3 is 2.52 bits per heavy atom. The molecule has 0 spiro atoms. The summed E-state index contributed by atoms with van der Waals surface area (Å²) in [5.74, 6) is -0.949. The van der Waals surface area contributed by atoms with Crippen LogP contribution in [0.3, 0.4) is 0 Å². The van der Waals surface area contributed by atoms with Crippen LogP contribution in [-0.2, 0) is 0 Å². The van der Waals surface area contributed by atoms with Crippen molar-refractivity contribution in [3.63, 3.8) is 0 Å². The fourth-order valence-electron chi connectivity index (χ4n) is 2.58. The van der Waals surface area contributed by atoms with Crippen LogP contribution < -0.4 is 10.7 Å². The molecule has 0 atom stereocenters. The highest BCUT2D eigenvalue weighted by Crippen LogP contribution is 2.32. The number of hydrogen-bond acceptors (Lipinski definition) is 4. The number of aromatic carboxylic acids is 1. The molecule has 0 saturated carbocycles. The molecule has 0 radical (unpaired) electrons. The van der Waals surface area contributed by atoms with Crippen LogP contribution in [0.15, 0.2) is 71.8 Å². The zero-order chi connectivity index (χ0) is 20.8. The van der Waals surface area contributed by atoms with Crippen molar-refractivity contribution >= 4 is 46.8 Å². The van der Waals surface area contributed by atoms with E-state index in [9.17, 15) is 9.90 Å². The molecule has 29 heavy (non-hydrogen) atoms. The standard InChI is InChI=1S/C21H16ClN3O3S/c22-16-9-7-13(8-10-16)18-6-2-4-15(19(18)26)12-23-25-21(29)24-17-5-1-3-14(11-17)20(27)28/h1-12,26H,(H,27,28)(H2,24,25,29)/b23-12-. The SMILES string of the molecule is O=C(O)c1cccc(NC(=S)N/N=C\c2cccc(-c3ccc(Cl)cc3)c2O)c1. The maximum absolute atomic E-state index is 11.0. The number of carboxylic acid groups (broad SMARTS) is 1. The number of nitrogens with one attached hydrogen (secondary N) is 2. The number of benzene rings is 3. The van der Waals surface area contributed by atoms with Gasteiger partial charge in [0.15, 0.2) is 5.11 Å². The smallest absolute Gasteiger partial charge is 0.335 e. The van der Waals surface area contributed by atoms with Crippen LogP contribution in [0.1, 0.15) is 15.9 Å². The molecule has 8 heteroatoms. The van der Waals surface area contributed by atoms with E-state index in [1.807, 2.05) is 12.1 Å². The topological polar surface area (TPSA) is 94.0 Å². The number of phenols is 1. The van der Waals surface area contributed by atoms with Crippen LogP contribution in [0.5, 0.6) is 5.75 Å². The van der Waals surface area contributed by atoms with E-state index >= 15 is 0 Å². The van der Waals surface area contributed by atoms with E-state index in [0.717, 1.165) is 5.56 Å². The number of hydrogen-bond donors (Lipinski definition) is 4. The first-order chi connectivity index (χ1) is 13.9. The molecule has 0 amide bonds. The molecular weight excluding hydrogens is 410 g/mol. The lowest BCUT2D eigenvalue weighted by Gasteiger charge is -2.09. The van der Waals surface area contributed by atoms with Crippen molar-refractivity contribution in [3.05, 3.63) is 82.9 Å². The number of aromatic hydroxyl groups is 1. The van der Waals surface area contributed by atoms with Gasteiger partial charge in [-0.3, -0.25) is 5.43 Å². The van der Waals surface area contributed by atoms with Gasteiger partial charge in [-0.15, -0.1) is 0 Å². The summed E-state index contributed by atoms with van der Waals surface area (Å²) in [6.07, 6.45) is 1.44. The Hall–Kier alpha value is -3.42. The molecule has 0 bridgehead atoms. The number of halogens is 1. The highest BCUT2D eigenvalue weighted by Gasteiger charge is 2.08. The summed E-state index contributed by atoms with van der Waals surface area (Å²) in [6, 6.07) is 18.7. The van der Waals surface area contributed by atoms with Crippen LogP contribution in [0.4, 0.5) is 5.69 Å². The van der Waals surface area contributed by atoms with Crippen LogP contribution in [0, 0.1) is 0 Å². The molecule has 0 aliphatic heterocycles. The molecule has 0 fully saturated rings. The Bertz CT molecular complexity index is 1080. The quantitative estimate of drug-likeness (QED) is 0.268. The van der Waals surface area contributed by atoms with Gasteiger partial charge < -0.3 is 15.5 Å². The fraction of sp³-hybridized carbons (Fsp3) is 0. The molecule has 0 aliphatic rings. The zero-order valence-corrected chi connectivity index (χ0v) is 16.5. The van der Waals surface area contributed by atoms with Gasteiger partial charge in [-0.25, -0.2) is 4.79 Å². The van der Waals surface area contributed by atoms with Crippen LogP contribution in [-0.4, -0.2) is 27.5 Å². The van der Waals surface area contributed by atoms with E-state index in [2.05, 4.69) is 15.8 Å². The lowest BCUT2D eigenvalue weighted by Crippen LogP contribution is -2.24. The second-order valence-electron chi connectivity index (χ2n) is 5.96. The fourth-order valence-corrected chi connectivity index (χ4v) is 2.87. The average Bonchev–Trinajstić information content (AvgIpc) is 2.70. The van der Waals surface area contributed by atoms with Crippen LogP contribution in [0.2, 0.25) is 5.02 Å². The third-order valence-corrected chi connectivity index (χ3v) is 4.40. The van der Waals surface area contributed by atoms with Crippen molar-refractivity contribution in [2.75, 3.05) is 5.32 Å². The highest BCUT2D eigenvalue weighted by molar-refractivity contribution is 7.80. The van der Waals surface area contributed by atoms with E-state index in [0.29, 0.717) is 21.8 Å². The Balaban J connectivity index is 1.68. The summed E-state index contributed by atoms with van der Waals surface area (Å²) in [5.41, 5.74) is 5.27. The Kier molecular flexibility index (Phi) is 6.43. The first kappa shape index (κ1) is 20.3. The molecule has 3 aromatic rings. The van der Waals surface area contributed by atoms with Gasteiger partial charge in [-0.1, -0.05) is 41.9 Å². The second-order valence-corrected chi connectivity index (χ2v) is 6.81. The molecule has 0 heterocycles. The lowest BCUT2D eigenvalue weighted by atomic mass is 10.0. The Morgan fingerprint density at radius 2 is 1.79 bits per heavy atom. The number of thiocarbonyl (C=S) groups is 1. The number of carboxylic acids is 1. The molecule has 4 N–H and O–H groups in total. The maximum Gasteiger partial charge on any atom is 0.335 e. The molecular formula is C21H16ClN3O3S. The summed E-state index contributed by atoms with van der Waals surface area (Å²) in [4.78, 5) is 11.0. The number of hydrazone groups is 1. The normalized spacial score (nSPS) is 10.7. The largest absolute Gasteiger partial charge is 0.507 e. The van der Waals surface area contributed by atoms with Crippen molar-refractivity contribution in [1.82, 2.24) is 5.43 Å². The van der Waals surface area contributed by atoms with Gasteiger partial charge in [-0.05, 0) is 54.2 Å². The minimum Gasteiger partial charge on any atom is -0.507 e. The number of anilines is 1. The molecule has 146 valence electrons. The molecule has 0 aliphatic carbocycles. The predicted octanol–water partition coefficient (Wildman–Crippen LogP) is 4.73. The van der Waals surface area contributed by atoms with Gasteiger partial charge in [-0.2, -0.15) is 5.10 Å². The Morgan fingerprint density at radius 1 is 1.07 bits per heavy atom. The number of nitrogens with zero attached hydrogens (tertiary/aromatic N) is 1. The summed E-state index contributed by atoms with van der Waals surface area (Å²) in [5, 5.41) is 27.2. The van der Waals surface area contributed by atoms with E-state index in [1.165, 1.54) is 18.3 Å². The molecule has 3 aromatic carbocycles. The van der Waals surface area contributed by atoms with E-state index in [-0.39, 0.29) is 16.4 Å². The lowest BCUT2D eigenvalue weighted by molar-refractivity contribution is 0.0697. The molecule has 3 rings (SSSR count). The van der Waals surface area contributed by atoms with Gasteiger partial charge in [0, 0.05) is 21.8 Å². The number of para-hydroxylation sites is 1. The van der Waals surface area contributed by atoms with Gasteiger partial charge in [0.2, 0.25) is 0 Å². The maximum atomic E-state index is 11.0. The van der Waals surface area contributed by atoms with Crippen molar-refractivity contribution in [2.24, 2.45) is 5.10 Å². The minimum absolute atomic E-state index is 0.0772. The molecule has 6 nitrogen and oxygen atoms in total. The summed E-state index contributed by atoms with van der Waals surface area (Å²) >= 11 is 11.1. The number of phenolic OH excluding ortho intramolecular Hbond substituents is 1. The van der Waals surface area contributed by atoms with Gasteiger partial charge in [0.1, 0.15) is 5.75 Å². The third-order valence-electron chi connectivity index (χ3n) is 3.96. The summed E-state index contributed by atoms with van der Waals surface area (Å²) in [7, 11) is 0.